The Kier molecular flexibility index (Phi) is 2.89. The van der Waals surface area contributed by atoms with Crippen LogP contribution in [0.1, 0.15) is 24.5 Å². The number of aryl methyl sites for hydroxylation is 2. The van der Waals surface area contributed by atoms with Gasteiger partial charge >= 0.3 is 5.97 Å². The van der Waals surface area contributed by atoms with Gasteiger partial charge in [0.05, 0.1) is 15.6 Å². The number of rotatable bonds is 3. The minimum Gasteiger partial charge on any atom is -0.479 e. The summed E-state index contributed by atoms with van der Waals surface area (Å²) >= 11 is 1.45. The van der Waals surface area contributed by atoms with Gasteiger partial charge in [0.1, 0.15) is 0 Å². The number of carboxylic acids is 1. The Bertz CT molecular complexity index is 601. The second kappa shape index (κ2) is 4.13. The van der Waals surface area contributed by atoms with Crippen LogP contribution in [0, 0.1) is 13.8 Å². The van der Waals surface area contributed by atoms with Crippen molar-refractivity contribution < 1.29 is 9.90 Å². The highest BCUT2D eigenvalue weighted by atomic mass is 32.1. The third kappa shape index (κ3) is 1.88. The molecule has 0 amide bonds. The van der Waals surface area contributed by atoms with E-state index in [0.717, 1.165) is 15.6 Å². The van der Waals surface area contributed by atoms with Crippen molar-refractivity contribution in [1.82, 2.24) is 25.2 Å². The Morgan fingerprint density at radius 1 is 1.39 bits per heavy atom. The average molecular weight is 267 g/mol. The molecule has 0 aliphatic heterocycles. The monoisotopic (exact) mass is 267 g/mol. The van der Waals surface area contributed by atoms with Crippen LogP contribution in [0.25, 0.3) is 10.7 Å². The van der Waals surface area contributed by atoms with Crippen molar-refractivity contribution in [2.75, 3.05) is 0 Å². The summed E-state index contributed by atoms with van der Waals surface area (Å²) in [5, 5.41) is 21.4. The molecule has 0 bridgehead atoms. The van der Waals surface area contributed by atoms with Crippen molar-refractivity contribution >= 4 is 17.3 Å². The summed E-state index contributed by atoms with van der Waals surface area (Å²) in [5.41, 5.74) is -0.405. The number of thiazole rings is 1. The van der Waals surface area contributed by atoms with Gasteiger partial charge in [-0.05, 0) is 38.1 Å². The molecular weight excluding hydrogens is 254 g/mol. The van der Waals surface area contributed by atoms with E-state index in [-0.39, 0.29) is 0 Å². The third-order valence-corrected chi connectivity index (χ3v) is 3.70. The minimum absolute atomic E-state index is 0.436. The Morgan fingerprint density at radius 3 is 2.56 bits per heavy atom. The number of hydrogen-bond acceptors (Lipinski definition) is 6. The van der Waals surface area contributed by atoms with E-state index in [9.17, 15) is 9.90 Å². The molecule has 0 radical (unpaired) electrons. The summed E-state index contributed by atoms with van der Waals surface area (Å²) in [6, 6.07) is 0. The zero-order valence-electron chi connectivity index (χ0n) is 10.5. The second-order valence-electron chi connectivity index (χ2n) is 4.43. The number of carboxylic acid groups (broad SMARTS) is 1. The van der Waals surface area contributed by atoms with Crippen LogP contribution in [0.5, 0.6) is 0 Å². The predicted octanol–water partition coefficient (Wildman–Crippen LogP) is 1.23. The molecule has 0 atom stereocenters. The lowest BCUT2D eigenvalue weighted by molar-refractivity contribution is -0.146. The number of nitrogens with zero attached hydrogens (tertiary/aromatic N) is 5. The smallest absolute Gasteiger partial charge is 0.331 e. The molecule has 0 unspecified atom stereocenters. The highest BCUT2D eigenvalue weighted by Gasteiger charge is 2.34. The van der Waals surface area contributed by atoms with Crippen molar-refractivity contribution in [1.29, 1.82) is 0 Å². The van der Waals surface area contributed by atoms with Gasteiger partial charge in [0.25, 0.3) is 0 Å². The molecule has 0 fully saturated rings. The fourth-order valence-corrected chi connectivity index (χ4v) is 2.42. The van der Waals surface area contributed by atoms with Gasteiger partial charge in [-0.3, -0.25) is 0 Å². The molecule has 0 aromatic carbocycles. The van der Waals surface area contributed by atoms with Crippen LogP contribution < -0.4 is 0 Å². The van der Waals surface area contributed by atoms with E-state index < -0.39 is 11.5 Å². The first-order valence-corrected chi connectivity index (χ1v) is 6.12. The number of carbonyl (C=O) groups is 1. The molecule has 96 valence electrons. The molecule has 2 aromatic rings. The standard InChI is InChI=1S/C10H13N5O2S/c1-5-7(18-6(2)11-5)8-12-13-14-15(8)10(3,4)9(16)17/h1-4H3,(H,16,17). The van der Waals surface area contributed by atoms with E-state index >= 15 is 0 Å². The fourth-order valence-electron chi connectivity index (χ4n) is 1.53. The lowest BCUT2D eigenvalue weighted by Crippen LogP contribution is -2.37. The zero-order valence-corrected chi connectivity index (χ0v) is 11.3. The Balaban J connectivity index is 2.59. The summed E-state index contributed by atoms with van der Waals surface area (Å²) in [6.07, 6.45) is 0. The predicted molar refractivity (Wildman–Crippen MR) is 65.4 cm³/mol. The van der Waals surface area contributed by atoms with E-state index in [2.05, 4.69) is 20.5 Å². The van der Waals surface area contributed by atoms with E-state index in [1.807, 2.05) is 13.8 Å². The highest BCUT2D eigenvalue weighted by Crippen LogP contribution is 2.30. The van der Waals surface area contributed by atoms with Gasteiger partial charge in [-0.15, -0.1) is 16.4 Å². The third-order valence-electron chi connectivity index (χ3n) is 2.63. The first-order valence-electron chi connectivity index (χ1n) is 5.30. The molecule has 0 saturated carbocycles. The number of aliphatic carboxylic acids is 1. The molecule has 0 spiro atoms. The molecule has 2 heterocycles. The summed E-state index contributed by atoms with van der Waals surface area (Å²) in [6.45, 7) is 6.85. The van der Waals surface area contributed by atoms with Crippen LogP contribution in [0.4, 0.5) is 0 Å². The Morgan fingerprint density at radius 2 is 2.06 bits per heavy atom. The highest BCUT2D eigenvalue weighted by molar-refractivity contribution is 7.15. The zero-order chi connectivity index (χ0) is 13.5. The molecule has 0 aliphatic carbocycles. The van der Waals surface area contributed by atoms with Gasteiger partial charge in [0, 0.05) is 0 Å². The lowest BCUT2D eigenvalue weighted by Gasteiger charge is -2.19. The van der Waals surface area contributed by atoms with Gasteiger partial charge in [0.2, 0.25) is 0 Å². The van der Waals surface area contributed by atoms with E-state index in [4.69, 9.17) is 0 Å². The van der Waals surface area contributed by atoms with Crippen LogP contribution in [0.2, 0.25) is 0 Å². The molecule has 0 saturated heterocycles. The molecule has 2 aromatic heterocycles. The topological polar surface area (TPSA) is 93.8 Å². The largest absolute Gasteiger partial charge is 0.479 e. The van der Waals surface area contributed by atoms with E-state index in [1.165, 1.54) is 16.0 Å². The van der Waals surface area contributed by atoms with Gasteiger partial charge in [-0.2, -0.15) is 0 Å². The van der Waals surface area contributed by atoms with Gasteiger partial charge in [0.15, 0.2) is 11.4 Å². The first kappa shape index (κ1) is 12.6. The first-order chi connectivity index (χ1) is 8.34. The van der Waals surface area contributed by atoms with Crippen LogP contribution >= 0.6 is 11.3 Å². The summed E-state index contributed by atoms with van der Waals surface area (Å²) in [5.74, 6) is -0.555. The molecule has 18 heavy (non-hydrogen) atoms. The van der Waals surface area contributed by atoms with E-state index in [0.29, 0.717) is 5.82 Å². The molecule has 8 heteroatoms. The lowest BCUT2D eigenvalue weighted by atomic mass is 10.1. The Labute approximate surface area is 107 Å². The number of hydrogen-bond donors (Lipinski definition) is 1. The van der Waals surface area contributed by atoms with Crippen molar-refractivity contribution in [3.05, 3.63) is 10.7 Å². The molecule has 1 N–H and O–H groups in total. The molecule has 0 aliphatic rings. The van der Waals surface area contributed by atoms with Crippen molar-refractivity contribution in [2.45, 2.75) is 33.2 Å². The normalized spacial score (nSPS) is 11.8. The second-order valence-corrected chi connectivity index (χ2v) is 5.63. The SMILES string of the molecule is Cc1nc(C)c(-c2nnnn2C(C)(C)C(=O)O)s1. The summed E-state index contributed by atoms with van der Waals surface area (Å²) in [4.78, 5) is 16.4. The number of tetrazole rings is 1. The van der Waals surface area contributed by atoms with Crippen LogP contribution in [-0.4, -0.2) is 36.3 Å². The molecule has 7 nitrogen and oxygen atoms in total. The van der Waals surface area contributed by atoms with Gasteiger partial charge in [-0.1, -0.05) is 0 Å². The van der Waals surface area contributed by atoms with Crippen molar-refractivity contribution in [3.8, 4) is 10.7 Å². The average Bonchev–Trinajstić information content (AvgIpc) is 2.84. The van der Waals surface area contributed by atoms with Crippen molar-refractivity contribution in [3.63, 3.8) is 0 Å². The van der Waals surface area contributed by atoms with Crippen LogP contribution in [-0.2, 0) is 10.3 Å². The van der Waals surface area contributed by atoms with Crippen LogP contribution in [0.3, 0.4) is 0 Å². The van der Waals surface area contributed by atoms with Gasteiger partial charge < -0.3 is 5.11 Å². The summed E-state index contributed by atoms with van der Waals surface area (Å²) in [7, 11) is 0. The maximum absolute atomic E-state index is 11.3. The maximum Gasteiger partial charge on any atom is 0.331 e. The fraction of sp³-hybridized carbons (Fsp3) is 0.500. The molecule has 2 rings (SSSR count). The maximum atomic E-state index is 11.3. The quantitative estimate of drug-likeness (QED) is 0.899. The molecular formula is C10H13N5O2S. The van der Waals surface area contributed by atoms with Crippen molar-refractivity contribution in [2.24, 2.45) is 0 Å². The minimum atomic E-state index is -1.21. The number of aromatic nitrogens is 5. The Hall–Kier alpha value is -1.83. The van der Waals surface area contributed by atoms with Gasteiger partial charge in [-0.25, -0.2) is 14.5 Å². The van der Waals surface area contributed by atoms with Crippen LogP contribution in [0.15, 0.2) is 0 Å². The summed E-state index contributed by atoms with van der Waals surface area (Å²) < 4.78 is 1.31. The van der Waals surface area contributed by atoms with E-state index in [1.54, 1.807) is 13.8 Å².